The molecule has 1 amide bonds. The van der Waals surface area contributed by atoms with Crippen LogP contribution in [0.25, 0.3) is 17.0 Å². The zero-order chi connectivity index (χ0) is 26.1. The molecule has 0 spiro atoms. The number of aryl methyl sites for hydroxylation is 1. The van der Waals surface area contributed by atoms with Crippen LogP contribution in [-0.2, 0) is 16.1 Å². The monoisotopic (exact) mass is 509 g/mol. The van der Waals surface area contributed by atoms with Crippen LogP contribution in [0.4, 0.5) is 5.69 Å². The maximum atomic E-state index is 13.2. The van der Waals surface area contributed by atoms with Gasteiger partial charge in [-0.2, -0.15) is 0 Å². The van der Waals surface area contributed by atoms with E-state index in [0.29, 0.717) is 21.3 Å². The van der Waals surface area contributed by atoms with E-state index in [4.69, 9.17) is 4.74 Å². The van der Waals surface area contributed by atoms with Gasteiger partial charge in [-0.05, 0) is 61.5 Å². The van der Waals surface area contributed by atoms with Crippen LogP contribution in [0.2, 0.25) is 0 Å². The summed E-state index contributed by atoms with van der Waals surface area (Å²) in [6.45, 7) is 4.94. The molecule has 3 aromatic carbocycles. The van der Waals surface area contributed by atoms with Crippen molar-refractivity contribution in [3.05, 3.63) is 106 Å². The molecular weight excluding hydrogens is 482 g/mol. The lowest BCUT2D eigenvalue weighted by Gasteiger charge is -2.09. The predicted octanol–water partition coefficient (Wildman–Crippen LogP) is 6.33. The average molecular weight is 510 g/mol. The topological polar surface area (TPSA) is 63.9 Å². The minimum Gasteiger partial charge on any atom is -0.465 e. The van der Waals surface area contributed by atoms with Crippen molar-refractivity contribution in [1.82, 2.24) is 9.47 Å². The molecule has 1 aliphatic rings. The summed E-state index contributed by atoms with van der Waals surface area (Å²) in [5.41, 5.74) is 6.71. The second-order valence-electron chi connectivity index (χ2n) is 9.00. The Bertz CT molecular complexity index is 1580. The molecule has 2 heterocycles. The number of carbonyl (C=O) groups is 2. The molecule has 0 N–H and O–H groups in total. The van der Waals surface area contributed by atoms with Gasteiger partial charge in [0, 0.05) is 35.8 Å². The summed E-state index contributed by atoms with van der Waals surface area (Å²) in [4.78, 5) is 31.9. The molecular formula is C30H27N3O3S. The minimum atomic E-state index is -0.427. The third-order valence-electron chi connectivity index (χ3n) is 6.51. The molecule has 0 atom stereocenters. The third-order valence-corrected chi connectivity index (χ3v) is 7.57. The quantitative estimate of drug-likeness (QED) is 0.233. The smallest absolute Gasteiger partial charge is 0.337 e. The van der Waals surface area contributed by atoms with Crippen molar-refractivity contribution in [3.8, 4) is 0 Å². The molecule has 1 aliphatic heterocycles. The number of aromatic nitrogens is 1. The van der Waals surface area contributed by atoms with Gasteiger partial charge in [-0.15, -0.1) is 0 Å². The molecule has 5 rings (SSSR count). The SMILES string of the molecule is COC(=O)c1cccc(N=C2SC(=Cc3c(C)n(Cc4ccc(C)cc4)c4ccccc34)C(=O)N2C)c1. The Hall–Kier alpha value is -4.10. The standard InChI is InChI=1S/C30H27N3O3S/c1-19-12-14-21(15-13-19)18-33-20(2)25(24-10-5-6-11-26(24)33)17-27-28(34)32(3)30(37-27)31-23-9-7-8-22(16-23)29(35)36-4/h5-17H,18H2,1-4H3. The fourth-order valence-corrected chi connectivity index (χ4v) is 5.40. The molecule has 1 fully saturated rings. The zero-order valence-electron chi connectivity index (χ0n) is 21.2. The maximum absolute atomic E-state index is 13.2. The van der Waals surface area contributed by atoms with Crippen molar-refractivity contribution in [2.24, 2.45) is 4.99 Å². The number of methoxy groups -OCH3 is 1. The third kappa shape index (κ3) is 4.82. The lowest BCUT2D eigenvalue weighted by Crippen LogP contribution is -2.23. The van der Waals surface area contributed by atoms with E-state index in [2.05, 4.69) is 59.8 Å². The number of aliphatic imine (C=N–C) groups is 1. The maximum Gasteiger partial charge on any atom is 0.337 e. The molecule has 186 valence electrons. The highest BCUT2D eigenvalue weighted by molar-refractivity contribution is 8.18. The lowest BCUT2D eigenvalue weighted by molar-refractivity contribution is -0.121. The van der Waals surface area contributed by atoms with Crippen molar-refractivity contribution < 1.29 is 14.3 Å². The number of carbonyl (C=O) groups excluding carboxylic acids is 2. The molecule has 1 aromatic heterocycles. The van der Waals surface area contributed by atoms with Crippen LogP contribution in [0.1, 0.15) is 32.7 Å². The number of nitrogens with zero attached hydrogens (tertiary/aromatic N) is 3. The van der Waals surface area contributed by atoms with Crippen LogP contribution in [-0.4, -0.2) is 40.7 Å². The predicted molar refractivity (Wildman–Crippen MR) is 150 cm³/mol. The fourth-order valence-electron chi connectivity index (χ4n) is 4.43. The molecule has 0 aliphatic carbocycles. The number of esters is 1. The Morgan fingerprint density at radius 1 is 1.03 bits per heavy atom. The number of amides is 1. The number of rotatable bonds is 5. The largest absolute Gasteiger partial charge is 0.465 e. The van der Waals surface area contributed by atoms with E-state index in [-0.39, 0.29) is 5.91 Å². The van der Waals surface area contributed by atoms with Gasteiger partial charge in [-0.1, -0.05) is 54.1 Å². The van der Waals surface area contributed by atoms with Gasteiger partial charge in [0.05, 0.1) is 23.3 Å². The van der Waals surface area contributed by atoms with Crippen LogP contribution < -0.4 is 0 Å². The number of benzene rings is 3. The number of hydrogen-bond acceptors (Lipinski definition) is 5. The van der Waals surface area contributed by atoms with Gasteiger partial charge < -0.3 is 9.30 Å². The first-order valence-corrected chi connectivity index (χ1v) is 12.8. The van der Waals surface area contributed by atoms with Crippen LogP contribution in [0, 0.1) is 13.8 Å². The second-order valence-corrected chi connectivity index (χ2v) is 10.0. The zero-order valence-corrected chi connectivity index (χ0v) is 22.0. The molecule has 37 heavy (non-hydrogen) atoms. The molecule has 0 bridgehead atoms. The summed E-state index contributed by atoms with van der Waals surface area (Å²) < 4.78 is 7.10. The van der Waals surface area contributed by atoms with Gasteiger partial charge in [-0.3, -0.25) is 9.69 Å². The van der Waals surface area contributed by atoms with E-state index >= 15 is 0 Å². The first kappa shape index (κ1) is 24.6. The summed E-state index contributed by atoms with van der Waals surface area (Å²) in [6, 6.07) is 23.7. The van der Waals surface area contributed by atoms with Crippen LogP contribution in [0.3, 0.4) is 0 Å². The molecule has 0 radical (unpaired) electrons. The summed E-state index contributed by atoms with van der Waals surface area (Å²) in [7, 11) is 3.06. The Kier molecular flexibility index (Phi) is 6.72. The van der Waals surface area contributed by atoms with E-state index < -0.39 is 5.97 Å². The molecule has 0 unspecified atom stereocenters. The van der Waals surface area contributed by atoms with E-state index in [1.54, 1.807) is 36.2 Å². The molecule has 1 saturated heterocycles. The van der Waals surface area contributed by atoms with Crippen LogP contribution in [0.5, 0.6) is 0 Å². The Morgan fingerprint density at radius 3 is 2.54 bits per heavy atom. The van der Waals surface area contributed by atoms with Gasteiger partial charge in [-0.25, -0.2) is 9.79 Å². The number of fused-ring (bicyclic) bond motifs is 1. The molecule has 4 aromatic rings. The number of amidine groups is 1. The molecule has 6 nitrogen and oxygen atoms in total. The molecule has 7 heteroatoms. The van der Waals surface area contributed by atoms with Crippen molar-refractivity contribution in [1.29, 1.82) is 0 Å². The van der Waals surface area contributed by atoms with Gasteiger partial charge >= 0.3 is 5.97 Å². The fraction of sp³-hybridized carbons (Fsp3) is 0.167. The van der Waals surface area contributed by atoms with Gasteiger partial charge in [0.15, 0.2) is 5.17 Å². The normalized spacial score (nSPS) is 15.8. The Labute approximate surface area is 220 Å². The van der Waals surface area contributed by atoms with Crippen molar-refractivity contribution >= 4 is 51.5 Å². The Balaban J connectivity index is 1.51. The van der Waals surface area contributed by atoms with Gasteiger partial charge in [0.1, 0.15) is 0 Å². The molecule has 0 saturated carbocycles. The van der Waals surface area contributed by atoms with Crippen LogP contribution in [0.15, 0.2) is 82.7 Å². The lowest BCUT2D eigenvalue weighted by atomic mass is 10.1. The second kappa shape index (κ2) is 10.1. The van der Waals surface area contributed by atoms with Gasteiger partial charge in [0.25, 0.3) is 5.91 Å². The van der Waals surface area contributed by atoms with E-state index in [9.17, 15) is 9.59 Å². The van der Waals surface area contributed by atoms with Crippen molar-refractivity contribution in [3.63, 3.8) is 0 Å². The van der Waals surface area contributed by atoms with E-state index in [1.165, 1.54) is 30.0 Å². The first-order valence-electron chi connectivity index (χ1n) is 11.9. The summed E-state index contributed by atoms with van der Waals surface area (Å²) in [6.07, 6.45) is 1.97. The first-order chi connectivity index (χ1) is 17.9. The number of hydrogen-bond donors (Lipinski definition) is 0. The Morgan fingerprint density at radius 2 is 1.78 bits per heavy atom. The number of para-hydroxylation sites is 1. The van der Waals surface area contributed by atoms with Crippen molar-refractivity contribution in [2.75, 3.05) is 14.2 Å². The highest BCUT2D eigenvalue weighted by Gasteiger charge is 2.31. The number of likely N-dealkylation sites (N-methyl/N-ethyl adjacent to an activating group) is 1. The number of thioether (sulfide) groups is 1. The average Bonchev–Trinajstić information content (AvgIpc) is 3.33. The van der Waals surface area contributed by atoms with E-state index in [1.807, 2.05) is 18.2 Å². The van der Waals surface area contributed by atoms with E-state index in [0.717, 1.165) is 28.7 Å². The van der Waals surface area contributed by atoms with Crippen LogP contribution >= 0.6 is 11.8 Å². The minimum absolute atomic E-state index is 0.109. The highest BCUT2D eigenvalue weighted by atomic mass is 32.2. The summed E-state index contributed by atoms with van der Waals surface area (Å²) in [5, 5.41) is 1.66. The summed E-state index contributed by atoms with van der Waals surface area (Å²) in [5.74, 6) is -0.536. The summed E-state index contributed by atoms with van der Waals surface area (Å²) >= 11 is 1.33. The van der Waals surface area contributed by atoms with Crippen molar-refractivity contribution in [2.45, 2.75) is 20.4 Å². The highest BCUT2D eigenvalue weighted by Crippen LogP contribution is 2.36. The number of ether oxygens (including phenoxy) is 1. The van der Waals surface area contributed by atoms with Gasteiger partial charge in [0.2, 0.25) is 0 Å².